The lowest BCUT2D eigenvalue weighted by atomic mass is 10.1. The topological polar surface area (TPSA) is 37.8 Å². The van der Waals surface area contributed by atoms with E-state index in [0.717, 1.165) is 30.7 Å². The molecule has 1 unspecified atom stereocenters. The molecule has 0 saturated heterocycles. The van der Waals surface area contributed by atoms with E-state index in [1.54, 1.807) is 0 Å². The molecule has 3 rings (SSSR count). The lowest BCUT2D eigenvalue weighted by Gasteiger charge is -2.14. The molecule has 0 spiro atoms. The van der Waals surface area contributed by atoms with E-state index in [-0.39, 0.29) is 12.0 Å². The highest BCUT2D eigenvalue weighted by Crippen LogP contribution is 2.33. The van der Waals surface area contributed by atoms with Gasteiger partial charge in [-0.05, 0) is 30.0 Å². The minimum atomic E-state index is -4.45. The maximum Gasteiger partial charge on any atom is 0.433 e. The van der Waals surface area contributed by atoms with Gasteiger partial charge in [-0.25, -0.2) is 9.97 Å². The average molecular weight is 279 g/mol. The van der Waals surface area contributed by atoms with Gasteiger partial charge in [0.1, 0.15) is 5.69 Å². The number of halogens is 3. The van der Waals surface area contributed by atoms with Crippen molar-refractivity contribution < 1.29 is 13.2 Å². The first kappa shape index (κ1) is 12.9. The van der Waals surface area contributed by atoms with Crippen LogP contribution in [0.25, 0.3) is 0 Å². The maximum absolute atomic E-state index is 12.6. The molecular weight excluding hydrogens is 267 g/mol. The standard InChI is InChI=1S/C14H12F3N3/c15-14(16,17)12-7-8-18-13(20-12)19-11-6-5-9-3-1-2-4-10(9)11/h1-4,7-8,11H,5-6H2,(H,18,19,20). The fourth-order valence-corrected chi connectivity index (χ4v) is 2.45. The van der Waals surface area contributed by atoms with Gasteiger partial charge < -0.3 is 5.32 Å². The summed E-state index contributed by atoms with van der Waals surface area (Å²) in [5, 5.41) is 2.99. The monoisotopic (exact) mass is 279 g/mol. The number of benzene rings is 1. The summed E-state index contributed by atoms with van der Waals surface area (Å²) in [5.41, 5.74) is 1.40. The molecule has 0 aliphatic heterocycles. The van der Waals surface area contributed by atoms with Crippen molar-refractivity contribution in [3.8, 4) is 0 Å². The lowest BCUT2D eigenvalue weighted by Crippen LogP contribution is -2.14. The first-order valence-corrected chi connectivity index (χ1v) is 6.28. The number of fused-ring (bicyclic) bond motifs is 1. The molecule has 3 nitrogen and oxygen atoms in total. The van der Waals surface area contributed by atoms with Crippen LogP contribution in [-0.2, 0) is 12.6 Å². The molecule has 2 aromatic rings. The Kier molecular flexibility index (Phi) is 3.08. The van der Waals surface area contributed by atoms with Crippen LogP contribution in [0.1, 0.15) is 29.3 Å². The van der Waals surface area contributed by atoms with E-state index >= 15 is 0 Å². The van der Waals surface area contributed by atoms with Crippen molar-refractivity contribution in [3.63, 3.8) is 0 Å². The van der Waals surface area contributed by atoms with Gasteiger partial charge in [-0.2, -0.15) is 13.2 Å². The SMILES string of the molecule is FC(F)(F)c1ccnc(NC2CCc3ccccc32)n1. The zero-order chi connectivity index (χ0) is 14.2. The molecule has 0 fully saturated rings. The minimum absolute atomic E-state index is 0.0153. The first-order chi connectivity index (χ1) is 9.54. The second-order valence-corrected chi connectivity index (χ2v) is 4.70. The van der Waals surface area contributed by atoms with Gasteiger partial charge in [0.05, 0.1) is 6.04 Å². The van der Waals surface area contributed by atoms with E-state index in [2.05, 4.69) is 15.3 Å². The summed E-state index contributed by atoms with van der Waals surface area (Å²) >= 11 is 0. The summed E-state index contributed by atoms with van der Waals surface area (Å²) in [6, 6.07) is 8.73. The van der Waals surface area contributed by atoms with Gasteiger partial charge in [0.15, 0.2) is 0 Å². The van der Waals surface area contributed by atoms with Crippen LogP contribution in [0.5, 0.6) is 0 Å². The smallest absolute Gasteiger partial charge is 0.347 e. The molecule has 0 amide bonds. The Morgan fingerprint density at radius 1 is 1.15 bits per heavy atom. The van der Waals surface area contributed by atoms with E-state index in [9.17, 15) is 13.2 Å². The van der Waals surface area contributed by atoms with E-state index < -0.39 is 11.9 Å². The Labute approximate surface area is 113 Å². The highest BCUT2D eigenvalue weighted by molar-refractivity contribution is 5.40. The molecule has 1 N–H and O–H groups in total. The van der Waals surface area contributed by atoms with Gasteiger partial charge >= 0.3 is 6.18 Å². The van der Waals surface area contributed by atoms with Gasteiger partial charge in [0.25, 0.3) is 0 Å². The molecule has 0 radical (unpaired) electrons. The van der Waals surface area contributed by atoms with Crippen LogP contribution in [0, 0.1) is 0 Å². The highest BCUT2D eigenvalue weighted by atomic mass is 19.4. The quantitative estimate of drug-likeness (QED) is 0.912. The predicted molar refractivity (Wildman–Crippen MR) is 68.2 cm³/mol. The van der Waals surface area contributed by atoms with Crippen LogP contribution in [0.3, 0.4) is 0 Å². The second kappa shape index (κ2) is 4.77. The van der Waals surface area contributed by atoms with Crippen LogP contribution < -0.4 is 5.32 Å². The molecule has 1 aliphatic rings. The third-order valence-corrected chi connectivity index (χ3v) is 3.38. The molecule has 1 aromatic carbocycles. The van der Waals surface area contributed by atoms with Crippen LogP contribution in [-0.4, -0.2) is 9.97 Å². The number of hydrogen-bond donors (Lipinski definition) is 1. The first-order valence-electron chi connectivity index (χ1n) is 6.28. The Hall–Kier alpha value is -2.11. The number of aromatic nitrogens is 2. The molecule has 0 saturated carbocycles. The lowest BCUT2D eigenvalue weighted by molar-refractivity contribution is -0.141. The molecule has 1 aromatic heterocycles. The third-order valence-electron chi connectivity index (χ3n) is 3.38. The van der Waals surface area contributed by atoms with Crippen molar-refractivity contribution in [2.24, 2.45) is 0 Å². The molecule has 6 heteroatoms. The largest absolute Gasteiger partial charge is 0.433 e. The minimum Gasteiger partial charge on any atom is -0.347 e. The van der Waals surface area contributed by atoms with E-state index in [0.29, 0.717) is 0 Å². The fourth-order valence-electron chi connectivity index (χ4n) is 2.45. The number of hydrogen-bond acceptors (Lipinski definition) is 3. The summed E-state index contributed by atoms with van der Waals surface area (Å²) in [6.45, 7) is 0. The zero-order valence-electron chi connectivity index (χ0n) is 10.5. The number of anilines is 1. The van der Waals surface area contributed by atoms with E-state index in [1.807, 2.05) is 24.3 Å². The molecule has 1 atom stereocenters. The van der Waals surface area contributed by atoms with E-state index in [1.165, 1.54) is 5.56 Å². The van der Waals surface area contributed by atoms with Crippen molar-refractivity contribution in [2.45, 2.75) is 25.1 Å². The Bertz CT molecular complexity index is 625. The fraction of sp³-hybridized carbons (Fsp3) is 0.286. The van der Waals surface area contributed by atoms with Gasteiger partial charge in [-0.15, -0.1) is 0 Å². The number of nitrogens with one attached hydrogen (secondary N) is 1. The van der Waals surface area contributed by atoms with Gasteiger partial charge in [0.2, 0.25) is 5.95 Å². The normalized spacial score (nSPS) is 17.9. The van der Waals surface area contributed by atoms with Crippen molar-refractivity contribution in [3.05, 3.63) is 53.3 Å². The maximum atomic E-state index is 12.6. The molecule has 104 valence electrons. The van der Waals surface area contributed by atoms with Crippen molar-refractivity contribution in [2.75, 3.05) is 5.32 Å². The van der Waals surface area contributed by atoms with Crippen LogP contribution in [0.4, 0.5) is 19.1 Å². The zero-order valence-corrected chi connectivity index (χ0v) is 10.5. The highest BCUT2D eigenvalue weighted by Gasteiger charge is 2.33. The third kappa shape index (κ3) is 2.45. The second-order valence-electron chi connectivity index (χ2n) is 4.70. The van der Waals surface area contributed by atoms with Crippen molar-refractivity contribution in [1.82, 2.24) is 9.97 Å². The molecule has 20 heavy (non-hydrogen) atoms. The molecular formula is C14H12F3N3. The van der Waals surface area contributed by atoms with Crippen LogP contribution >= 0.6 is 0 Å². The summed E-state index contributed by atoms with van der Waals surface area (Å²) < 4.78 is 37.8. The molecule has 1 aliphatic carbocycles. The number of alkyl halides is 3. The van der Waals surface area contributed by atoms with Gasteiger partial charge in [0, 0.05) is 6.20 Å². The van der Waals surface area contributed by atoms with Gasteiger partial charge in [-0.1, -0.05) is 24.3 Å². The predicted octanol–water partition coefficient (Wildman–Crippen LogP) is 3.59. The molecule has 1 heterocycles. The van der Waals surface area contributed by atoms with Crippen molar-refractivity contribution in [1.29, 1.82) is 0 Å². The Morgan fingerprint density at radius 3 is 2.75 bits per heavy atom. The summed E-state index contributed by atoms with van der Waals surface area (Å²) in [6.07, 6.45) is -1.59. The number of nitrogens with zero attached hydrogens (tertiary/aromatic N) is 2. The summed E-state index contributed by atoms with van der Waals surface area (Å²) in [5.74, 6) is 0.0153. The summed E-state index contributed by atoms with van der Waals surface area (Å²) in [7, 11) is 0. The molecule has 0 bridgehead atoms. The van der Waals surface area contributed by atoms with E-state index in [4.69, 9.17) is 0 Å². The van der Waals surface area contributed by atoms with Crippen molar-refractivity contribution >= 4 is 5.95 Å². The number of aryl methyl sites for hydroxylation is 1. The Balaban J connectivity index is 1.83. The Morgan fingerprint density at radius 2 is 1.95 bits per heavy atom. The van der Waals surface area contributed by atoms with Crippen LogP contribution in [0.15, 0.2) is 36.5 Å². The van der Waals surface area contributed by atoms with Crippen LogP contribution in [0.2, 0.25) is 0 Å². The number of rotatable bonds is 2. The average Bonchev–Trinajstić information content (AvgIpc) is 2.82. The summed E-state index contributed by atoms with van der Waals surface area (Å²) in [4.78, 5) is 7.40. The van der Waals surface area contributed by atoms with Gasteiger partial charge in [-0.3, -0.25) is 0 Å².